The maximum absolute atomic E-state index is 16.0. The van der Waals surface area contributed by atoms with Crippen molar-refractivity contribution in [3.63, 3.8) is 0 Å². The van der Waals surface area contributed by atoms with Crippen LogP contribution in [0.5, 0.6) is 11.5 Å². The van der Waals surface area contributed by atoms with Crippen LogP contribution in [0.25, 0.3) is 11.1 Å². The molecule has 252 valence electrons. The number of pyridine rings is 1. The largest absolute Gasteiger partial charge is 0.491 e. The van der Waals surface area contributed by atoms with Crippen LogP contribution in [0.1, 0.15) is 71.7 Å². The standard InChI is InChI=1S/C36H33F5N2O5/c1-5-7-23(44)17-28-25-16-22(14-20(3)31(25)38)30-19(2)8-6-9-29(30)48-18-21-10-11-27(37)24(15-21)32(34(45)42-28)43-13-12-26(36(39,40)41)33(47-4)35(43)46/h6,8-16,28,32H,5,7,17-18H2,1-4H3,(H,42,45)/t28-,32-/m0/s1. The average Bonchev–Trinajstić information content (AvgIpc) is 3.02. The van der Waals surface area contributed by atoms with Crippen molar-refractivity contribution < 1.29 is 41.0 Å². The quantitative estimate of drug-likeness (QED) is 0.215. The van der Waals surface area contributed by atoms with Crippen LogP contribution in [0.2, 0.25) is 0 Å². The number of hydrogen-bond donors (Lipinski definition) is 1. The predicted molar refractivity (Wildman–Crippen MR) is 168 cm³/mol. The molecule has 7 nitrogen and oxygen atoms in total. The van der Waals surface area contributed by atoms with Gasteiger partial charge in [0.15, 0.2) is 5.75 Å². The third-order valence-corrected chi connectivity index (χ3v) is 8.32. The Balaban J connectivity index is 1.80. The molecule has 4 bridgehead atoms. The van der Waals surface area contributed by atoms with Crippen LogP contribution in [0, 0.1) is 25.5 Å². The number of halogens is 5. The third kappa shape index (κ3) is 6.69. The van der Waals surface area contributed by atoms with Crippen molar-refractivity contribution in [2.75, 3.05) is 7.11 Å². The number of Topliss-reactive ketones (excluding diaryl/α,β-unsaturated/α-hetero) is 1. The molecule has 1 aromatic heterocycles. The summed E-state index contributed by atoms with van der Waals surface area (Å²) in [6, 6.07) is 9.58. The number of aromatic nitrogens is 1. The lowest BCUT2D eigenvalue weighted by molar-refractivity contribution is -0.139. The highest BCUT2D eigenvalue weighted by molar-refractivity contribution is 5.86. The molecular weight excluding hydrogens is 635 g/mol. The number of hydrogen-bond acceptors (Lipinski definition) is 5. The van der Waals surface area contributed by atoms with Gasteiger partial charge in [-0.1, -0.05) is 25.1 Å². The second-order valence-corrected chi connectivity index (χ2v) is 11.7. The summed E-state index contributed by atoms with van der Waals surface area (Å²) in [7, 11) is 0.870. The van der Waals surface area contributed by atoms with Crippen molar-refractivity contribution >= 4 is 11.7 Å². The van der Waals surface area contributed by atoms with Gasteiger partial charge < -0.3 is 14.8 Å². The zero-order valence-corrected chi connectivity index (χ0v) is 26.6. The highest BCUT2D eigenvalue weighted by Gasteiger charge is 2.38. The summed E-state index contributed by atoms with van der Waals surface area (Å²) in [5, 5.41) is 2.65. The van der Waals surface area contributed by atoms with Crippen LogP contribution in [0.3, 0.4) is 0 Å². The lowest BCUT2D eigenvalue weighted by Gasteiger charge is -2.27. The maximum Gasteiger partial charge on any atom is 0.420 e. The number of ketones is 1. The predicted octanol–water partition coefficient (Wildman–Crippen LogP) is 7.54. The first-order valence-corrected chi connectivity index (χ1v) is 15.2. The molecule has 4 aromatic rings. The van der Waals surface area contributed by atoms with Gasteiger partial charge in [-0.05, 0) is 78.9 Å². The second kappa shape index (κ2) is 13.6. The molecule has 0 saturated carbocycles. The highest BCUT2D eigenvalue weighted by Crippen LogP contribution is 2.39. The van der Waals surface area contributed by atoms with E-state index in [9.17, 15) is 27.6 Å². The van der Waals surface area contributed by atoms with E-state index in [1.807, 2.05) is 13.0 Å². The molecule has 0 fully saturated rings. The summed E-state index contributed by atoms with van der Waals surface area (Å²) < 4.78 is 84.7. The number of rotatable bonds is 6. The molecular formula is C36H33F5N2O5. The van der Waals surface area contributed by atoms with Crippen LogP contribution in [0.4, 0.5) is 22.0 Å². The summed E-state index contributed by atoms with van der Waals surface area (Å²) in [6.45, 7) is 5.05. The average molecular weight is 669 g/mol. The van der Waals surface area contributed by atoms with Gasteiger partial charge in [0, 0.05) is 35.7 Å². The number of aryl methyl sites for hydroxylation is 2. The zero-order valence-electron chi connectivity index (χ0n) is 26.6. The van der Waals surface area contributed by atoms with Crippen LogP contribution in [0.15, 0.2) is 65.6 Å². The van der Waals surface area contributed by atoms with E-state index in [4.69, 9.17) is 9.47 Å². The molecule has 2 heterocycles. The van der Waals surface area contributed by atoms with E-state index in [-0.39, 0.29) is 41.9 Å². The van der Waals surface area contributed by atoms with Crippen LogP contribution >= 0.6 is 0 Å². The lowest BCUT2D eigenvalue weighted by Crippen LogP contribution is -2.41. The monoisotopic (exact) mass is 668 g/mol. The van der Waals surface area contributed by atoms with Gasteiger partial charge in [-0.25, -0.2) is 8.78 Å². The third-order valence-electron chi connectivity index (χ3n) is 8.32. The number of alkyl halides is 3. The topological polar surface area (TPSA) is 86.6 Å². The Morgan fingerprint density at radius 1 is 1.02 bits per heavy atom. The first kappa shape index (κ1) is 34.3. The molecule has 0 radical (unpaired) electrons. The van der Waals surface area contributed by atoms with Crippen LogP contribution in [-0.4, -0.2) is 23.4 Å². The fraction of sp³-hybridized carbons (Fsp3) is 0.306. The van der Waals surface area contributed by atoms with Crippen molar-refractivity contribution in [2.45, 2.75) is 64.9 Å². The number of fused-ring (bicyclic) bond motifs is 6. The Kier molecular flexibility index (Phi) is 9.74. The molecule has 1 aliphatic heterocycles. The number of carbonyl (C=O) groups is 2. The van der Waals surface area contributed by atoms with Crippen molar-refractivity contribution in [1.29, 1.82) is 0 Å². The van der Waals surface area contributed by atoms with Gasteiger partial charge in [0.1, 0.15) is 41.4 Å². The molecule has 0 saturated heterocycles. The van der Waals surface area contributed by atoms with E-state index in [0.29, 0.717) is 39.5 Å². The Morgan fingerprint density at radius 2 is 1.77 bits per heavy atom. The van der Waals surface area contributed by atoms with Gasteiger partial charge in [0.05, 0.1) is 13.2 Å². The summed E-state index contributed by atoms with van der Waals surface area (Å²) in [4.78, 5) is 40.9. The van der Waals surface area contributed by atoms with E-state index in [1.54, 1.807) is 25.1 Å². The Hall–Kier alpha value is -5.00. The fourth-order valence-electron chi connectivity index (χ4n) is 6.05. The van der Waals surface area contributed by atoms with Crippen molar-refractivity contribution in [1.82, 2.24) is 9.88 Å². The Bertz CT molecular complexity index is 1950. The molecule has 0 unspecified atom stereocenters. The number of amides is 1. The number of methoxy groups -OCH3 is 1. The zero-order chi connectivity index (χ0) is 34.9. The molecule has 1 aliphatic rings. The summed E-state index contributed by atoms with van der Waals surface area (Å²) in [6.07, 6.45) is -4.00. The van der Waals surface area contributed by atoms with Gasteiger partial charge in [0.2, 0.25) is 5.91 Å². The summed E-state index contributed by atoms with van der Waals surface area (Å²) in [5.41, 5.74) is -0.571. The van der Waals surface area contributed by atoms with E-state index < -0.39 is 52.7 Å². The fourth-order valence-corrected chi connectivity index (χ4v) is 6.05. The number of carbonyl (C=O) groups excluding carboxylic acids is 2. The molecule has 5 rings (SSSR count). The molecule has 0 aliphatic carbocycles. The van der Waals surface area contributed by atoms with E-state index in [1.165, 1.54) is 25.1 Å². The second-order valence-electron chi connectivity index (χ2n) is 11.7. The van der Waals surface area contributed by atoms with Gasteiger partial charge >= 0.3 is 6.18 Å². The minimum atomic E-state index is -4.97. The number of benzene rings is 3. The van der Waals surface area contributed by atoms with Crippen molar-refractivity contribution in [3.8, 4) is 22.6 Å². The molecule has 48 heavy (non-hydrogen) atoms. The molecule has 2 atom stereocenters. The van der Waals surface area contributed by atoms with Crippen LogP contribution in [-0.2, 0) is 22.4 Å². The SMILES string of the molecule is CCCC(=O)C[C@@H]1NC(=O)[C@@H](n2ccc(C(F)(F)F)c(OC)c2=O)c2cc(ccc2F)COc2cccc(C)c2-c2cc(C)c(F)c1c2. The molecule has 0 spiro atoms. The van der Waals surface area contributed by atoms with Crippen LogP contribution < -0.4 is 20.3 Å². The summed E-state index contributed by atoms with van der Waals surface area (Å²) in [5.74, 6) is -3.69. The number of ether oxygens (including phenoxy) is 2. The highest BCUT2D eigenvalue weighted by atomic mass is 19.4. The molecule has 1 amide bonds. The smallest absolute Gasteiger partial charge is 0.420 e. The van der Waals surface area contributed by atoms with Gasteiger partial charge in [-0.15, -0.1) is 0 Å². The maximum atomic E-state index is 16.0. The van der Waals surface area contributed by atoms with Gasteiger partial charge in [-0.3, -0.25) is 19.0 Å². The van der Waals surface area contributed by atoms with Crippen molar-refractivity contribution in [2.24, 2.45) is 0 Å². The normalized spacial score (nSPS) is 16.3. The lowest BCUT2D eigenvalue weighted by atomic mass is 9.90. The summed E-state index contributed by atoms with van der Waals surface area (Å²) >= 11 is 0. The minimum Gasteiger partial charge on any atom is -0.491 e. The first-order valence-electron chi connectivity index (χ1n) is 15.2. The van der Waals surface area contributed by atoms with E-state index >= 15 is 8.78 Å². The number of nitrogens with zero attached hydrogens (tertiary/aromatic N) is 1. The van der Waals surface area contributed by atoms with Gasteiger partial charge in [0.25, 0.3) is 5.56 Å². The van der Waals surface area contributed by atoms with Gasteiger partial charge in [-0.2, -0.15) is 13.2 Å². The molecule has 12 heteroatoms. The van der Waals surface area contributed by atoms with E-state index in [0.717, 1.165) is 24.9 Å². The number of nitrogens with one attached hydrogen (secondary N) is 1. The minimum absolute atomic E-state index is 0.0422. The van der Waals surface area contributed by atoms with Crippen molar-refractivity contribution in [3.05, 3.63) is 116 Å². The Morgan fingerprint density at radius 3 is 2.46 bits per heavy atom. The molecule has 1 N–H and O–H groups in total. The first-order chi connectivity index (χ1) is 22.7. The van der Waals surface area contributed by atoms with E-state index in [2.05, 4.69) is 5.32 Å². The Labute approximate surface area is 273 Å². The molecule has 3 aromatic carbocycles.